The molecule has 1 aliphatic carbocycles. The quantitative estimate of drug-likeness (QED) is 0.721. The third kappa shape index (κ3) is 4.41. The Balaban J connectivity index is 1.79. The van der Waals surface area contributed by atoms with Crippen LogP contribution in [0.1, 0.15) is 46.0 Å². The summed E-state index contributed by atoms with van der Waals surface area (Å²) in [7, 11) is 0. The van der Waals surface area contributed by atoms with Crippen molar-refractivity contribution in [3.05, 3.63) is 0 Å². The number of nitrogens with zero attached hydrogens (tertiary/aromatic N) is 1. The maximum atomic E-state index is 11.9. The minimum atomic E-state index is -0.528. The van der Waals surface area contributed by atoms with Gasteiger partial charge in [-0.2, -0.15) is 0 Å². The molecule has 3 N–H and O–H groups in total. The van der Waals surface area contributed by atoms with E-state index in [9.17, 15) is 14.7 Å². The number of hydrogen-bond acceptors (Lipinski definition) is 4. The number of hydrogen-bond donors (Lipinski definition) is 3. The average molecular weight is 297 g/mol. The summed E-state index contributed by atoms with van der Waals surface area (Å²) in [6, 6.07) is -0.439. The standard InChI is InChI=1S/C15H27N3O3/c1-11(2)16-14(20)17-13(19)10-18-8-7-15(21)6-4-3-5-12(15)9-18/h11-12,21H,3-10H2,1-2H3,(H2,16,17,19,20). The highest BCUT2D eigenvalue weighted by Crippen LogP contribution is 2.39. The second kappa shape index (κ2) is 6.75. The van der Waals surface area contributed by atoms with Crippen LogP contribution < -0.4 is 10.6 Å². The highest BCUT2D eigenvalue weighted by molar-refractivity contribution is 5.95. The van der Waals surface area contributed by atoms with Crippen molar-refractivity contribution in [2.24, 2.45) is 5.92 Å². The van der Waals surface area contributed by atoms with Crippen molar-refractivity contribution in [1.29, 1.82) is 0 Å². The fourth-order valence-electron chi connectivity index (χ4n) is 3.45. The zero-order chi connectivity index (χ0) is 15.5. The molecule has 1 saturated carbocycles. The SMILES string of the molecule is CC(C)NC(=O)NC(=O)CN1CCC2(O)CCCCC2C1. The molecule has 0 spiro atoms. The van der Waals surface area contributed by atoms with Gasteiger partial charge in [0.25, 0.3) is 0 Å². The van der Waals surface area contributed by atoms with Gasteiger partial charge in [-0.3, -0.25) is 15.0 Å². The predicted octanol–water partition coefficient (Wildman–Crippen LogP) is 0.848. The van der Waals surface area contributed by atoms with Gasteiger partial charge in [-0.1, -0.05) is 12.8 Å². The van der Waals surface area contributed by atoms with Crippen molar-refractivity contribution in [3.8, 4) is 0 Å². The average Bonchev–Trinajstić information content (AvgIpc) is 2.37. The number of rotatable bonds is 3. The van der Waals surface area contributed by atoms with E-state index in [-0.39, 0.29) is 24.4 Å². The van der Waals surface area contributed by atoms with Crippen molar-refractivity contribution < 1.29 is 14.7 Å². The van der Waals surface area contributed by atoms with Crippen LogP contribution in [0, 0.1) is 5.92 Å². The molecule has 21 heavy (non-hydrogen) atoms. The van der Waals surface area contributed by atoms with Gasteiger partial charge in [0.15, 0.2) is 0 Å². The van der Waals surface area contributed by atoms with E-state index < -0.39 is 11.6 Å². The summed E-state index contributed by atoms with van der Waals surface area (Å²) in [6.45, 7) is 5.37. The van der Waals surface area contributed by atoms with Gasteiger partial charge in [0, 0.05) is 25.0 Å². The fourth-order valence-corrected chi connectivity index (χ4v) is 3.45. The molecular weight excluding hydrogens is 270 g/mol. The lowest BCUT2D eigenvalue weighted by molar-refractivity contribution is -0.126. The first-order chi connectivity index (χ1) is 9.89. The summed E-state index contributed by atoms with van der Waals surface area (Å²) in [5.41, 5.74) is -0.528. The van der Waals surface area contributed by atoms with Crippen LogP contribution in [-0.4, -0.2) is 53.2 Å². The summed E-state index contributed by atoms with van der Waals surface area (Å²) in [5.74, 6) is -0.0216. The lowest BCUT2D eigenvalue weighted by atomic mass is 9.71. The zero-order valence-electron chi connectivity index (χ0n) is 13.0. The van der Waals surface area contributed by atoms with Crippen LogP contribution in [0.2, 0.25) is 0 Å². The molecule has 0 radical (unpaired) electrons. The number of nitrogens with one attached hydrogen (secondary N) is 2. The molecular formula is C15H27N3O3. The topological polar surface area (TPSA) is 81.7 Å². The second-order valence-corrected chi connectivity index (χ2v) is 6.71. The van der Waals surface area contributed by atoms with Gasteiger partial charge in [0.1, 0.15) is 0 Å². The lowest BCUT2D eigenvalue weighted by Crippen LogP contribution is -2.55. The molecule has 0 bridgehead atoms. The highest BCUT2D eigenvalue weighted by Gasteiger charge is 2.42. The molecule has 3 amide bonds. The van der Waals surface area contributed by atoms with Crippen LogP contribution in [0.4, 0.5) is 4.79 Å². The van der Waals surface area contributed by atoms with Crippen LogP contribution in [0.15, 0.2) is 0 Å². The molecule has 0 aromatic carbocycles. The number of likely N-dealkylation sites (tertiary alicyclic amines) is 1. The van der Waals surface area contributed by atoms with Gasteiger partial charge in [-0.15, -0.1) is 0 Å². The van der Waals surface area contributed by atoms with Gasteiger partial charge < -0.3 is 10.4 Å². The third-order valence-electron chi connectivity index (χ3n) is 4.55. The normalized spacial score (nSPS) is 29.8. The van der Waals surface area contributed by atoms with Crippen LogP contribution in [0.3, 0.4) is 0 Å². The molecule has 1 aliphatic heterocycles. The van der Waals surface area contributed by atoms with Crippen LogP contribution in [0.5, 0.6) is 0 Å². The number of piperidine rings is 1. The summed E-state index contributed by atoms with van der Waals surface area (Å²) in [4.78, 5) is 25.4. The number of carbonyl (C=O) groups excluding carboxylic acids is 2. The molecule has 1 saturated heterocycles. The number of urea groups is 1. The molecule has 120 valence electrons. The van der Waals surface area contributed by atoms with E-state index in [0.29, 0.717) is 6.54 Å². The largest absolute Gasteiger partial charge is 0.390 e. The Morgan fingerprint density at radius 1 is 1.33 bits per heavy atom. The van der Waals surface area contributed by atoms with E-state index in [0.717, 1.165) is 38.6 Å². The lowest BCUT2D eigenvalue weighted by Gasteiger charge is -2.47. The van der Waals surface area contributed by atoms with E-state index in [4.69, 9.17) is 0 Å². The Hall–Kier alpha value is -1.14. The third-order valence-corrected chi connectivity index (χ3v) is 4.55. The molecule has 2 atom stereocenters. The van der Waals surface area contributed by atoms with E-state index in [1.165, 1.54) is 0 Å². The van der Waals surface area contributed by atoms with Crippen LogP contribution >= 0.6 is 0 Å². The first kappa shape index (κ1) is 16.2. The van der Waals surface area contributed by atoms with Crippen molar-refractivity contribution >= 4 is 11.9 Å². The number of imide groups is 1. The summed E-state index contributed by atoms with van der Waals surface area (Å²) in [5, 5.41) is 15.6. The summed E-state index contributed by atoms with van der Waals surface area (Å²) >= 11 is 0. The molecule has 0 aromatic rings. The Kier molecular flexibility index (Phi) is 5.22. The molecule has 2 fully saturated rings. The Labute approximate surface area is 126 Å². The summed E-state index contributed by atoms with van der Waals surface area (Å²) in [6.07, 6.45) is 4.90. The van der Waals surface area contributed by atoms with Gasteiger partial charge in [-0.25, -0.2) is 4.79 Å². The fraction of sp³-hybridized carbons (Fsp3) is 0.867. The smallest absolute Gasteiger partial charge is 0.321 e. The molecule has 6 heteroatoms. The summed E-state index contributed by atoms with van der Waals surface area (Å²) < 4.78 is 0. The van der Waals surface area contributed by atoms with Gasteiger partial charge in [0.2, 0.25) is 5.91 Å². The van der Waals surface area contributed by atoms with Crippen LogP contribution in [0.25, 0.3) is 0 Å². The Morgan fingerprint density at radius 2 is 2.10 bits per heavy atom. The molecule has 0 aromatic heterocycles. The van der Waals surface area contributed by atoms with Crippen molar-refractivity contribution in [2.75, 3.05) is 19.6 Å². The number of aliphatic hydroxyl groups is 1. The van der Waals surface area contributed by atoms with Gasteiger partial charge >= 0.3 is 6.03 Å². The van der Waals surface area contributed by atoms with E-state index in [2.05, 4.69) is 10.6 Å². The number of fused-ring (bicyclic) bond motifs is 1. The van der Waals surface area contributed by atoms with Gasteiger partial charge in [0.05, 0.1) is 12.1 Å². The highest BCUT2D eigenvalue weighted by atomic mass is 16.3. The molecule has 1 heterocycles. The van der Waals surface area contributed by atoms with Crippen molar-refractivity contribution in [2.45, 2.75) is 57.6 Å². The molecule has 2 rings (SSSR count). The zero-order valence-corrected chi connectivity index (χ0v) is 13.0. The maximum Gasteiger partial charge on any atom is 0.321 e. The second-order valence-electron chi connectivity index (χ2n) is 6.71. The van der Waals surface area contributed by atoms with Gasteiger partial charge in [-0.05, 0) is 33.1 Å². The van der Waals surface area contributed by atoms with Crippen molar-refractivity contribution in [3.63, 3.8) is 0 Å². The Morgan fingerprint density at radius 3 is 2.81 bits per heavy atom. The van der Waals surface area contributed by atoms with Crippen LogP contribution in [-0.2, 0) is 4.79 Å². The number of amides is 3. The van der Waals surface area contributed by atoms with E-state index in [1.54, 1.807) is 0 Å². The maximum absolute atomic E-state index is 11.9. The molecule has 2 aliphatic rings. The minimum Gasteiger partial charge on any atom is -0.390 e. The van der Waals surface area contributed by atoms with Crippen molar-refractivity contribution in [1.82, 2.24) is 15.5 Å². The van der Waals surface area contributed by atoms with E-state index in [1.807, 2.05) is 18.7 Å². The molecule has 2 unspecified atom stereocenters. The molecule has 6 nitrogen and oxygen atoms in total. The number of carbonyl (C=O) groups is 2. The Bertz CT molecular complexity index is 400. The minimum absolute atomic E-state index is 0.00466. The first-order valence-corrected chi connectivity index (χ1v) is 7.94. The predicted molar refractivity (Wildman–Crippen MR) is 79.8 cm³/mol. The van der Waals surface area contributed by atoms with E-state index >= 15 is 0 Å². The first-order valence-electron chi connectivity index (χ1n) is 7.94. The monoisotopic (exact) mass is 297 g/mol.